The molecule has 1 unspecified atom stereocenters. The molecule has 12 aliphatic rings. The van der Waals surface area contributed by atoms with E-state index >= 15 is 0 Å². The molecule has 4 amide bonds. The van der Waals surface area contributed by atoms with Crippen LogP contribution in [0.3, 0.4) is 0 Å². The molecule has 0 radical (unpaired) electrons. The van der Waals surface area contributed by atoms with Crippen molar-refractivity contribution in [1.29, 1.82) is 0 Å². The molecule has 12 heterocycles. The first-order valence-electron chi connectivity index (χ1n) is 45.7. The maximum atomic E-state index is 13.4. The third-order valence-corrected chi connectivity index (χ3v) is 26.6. The fourth-order valence-electron chi connectivity index (χ4n) is 18.6. The van der Waals surface area contributed by atoms with Gasteiger partial charge in [-0.15, -0.1) is 0 Å². The van der Waals surface area contributed by atoms with Crippen molar-refractivity contribution in [3.05, 3.63) is 0 Å². The Hall–Kier alpha value is -4.28. The molecule has 0 spiro atoms. The van der Waals surface area contributed by atoms with Crippen molar-refractivity contribution < 1.29 is 286 Å². The SMILES string of the molecule is CC(=O)N[C@@H]1[C@H](O[C@@H]2[C@@H](O[C@@H]3[C@H](O)[C@H](O[C@H]4[C@H](O)[C@@H](NC(C)=O)[C@H](O[C@H]5[C@H](O)[C@@H](NC(C)=O)C(O)O[C@@H]5CO[C@@H]5O[C@@H](C)[C@@H](O)[C@@H](O)[C@@H]5O)O[C@@H]4CO)O[C@H](CO[C@H]4O[C@H](CO)[C@@H](O)[C@H](O)[C@@H]4O[C@@H]4O[C@H](CO)[C@@H](O[C@@H]5O[C@H](CO)[C@H](O)[C@H](O)[C@H]5O[C@@H]5O[C@@H](C)[C@@H](O)[C@@H](O)[C@@H]5O)[C@H](O)[C@H]4NC(C)=O)[C@H]3O)O[C@H](CO)[C@@H](O)[C@@H]2O)O[C@H](CO)[C@@H](O[C@@H]2O[C@H](CO)[C@H](O)[C@H](O)[C@H]2O[C@@H]2O[C@@H](C)[C@@H](O)[C@@H](O)[C@@H]2O)[C@@H]1O. The Morgan fingerprint density at radius 3 is 0.768 bits per heavy atom. The molecular formula is C80H134N4O58. The van der Waals surface area contributed by atoms with E-state index in [-0.39, 0.29) is 0 Å². The summed E-state index contributed by atoms with van der Waals surface area (Å²) < 4.78 is 138. The normalized spacial score (nSPS) is 50.9. The highest BCUT2D eigenvalue weighted by Gasteiger charge is 2.64. The molecule has 0 aromatic heterocycles. The van der Waals surface area contributed by atoms with Gasteiger partial charge in [0.2, 0.25) is 23.6 Å². The fourth-order valence-corrected chi connectivity index (χ4v) is 18.6. The lowest BCUT2D eigenvalue weighted by Gasteiger charge is -2.51. The van der Waals surface area contributed by atoms with E-state index in [1.54, 1.807) is 0 Å². The van der Waals surface area contributed by atoms with Crippen molar-refractivity contribution in [2.75, 3.05) is 59.5 Å². The van der Waals surface area contributed by atoms with Crippen molar-refractivity contribution in [3.63, 3.8) is 0 Å². The van der Waals surface area contributed by atoms with Crippen LogP contribution in [0.2, 0.25) is 0 Å². The zero-order valence-corrected chi connectivity index (χ0v) is 76.9. The molecule has 60 atom stereocenters. The molecule has 0 saturated carbocycles. The van der Waals surface area contributed by atoms with E-state index in [1.807, 2.05) is 0 Å². The summed E-state index contributed by atoms with van der Waals surface area (Å²) in [6, 6.07) is -8.01. The first-order valence-corrected chi connectivity index (χ1v) is 45.7. The Balaban J connectivity index is 0.868. The second kappa shape index (κ2) is 50.3. The van der Waals surface area contributed by atoms with Crippen LogP contribution >= 0.6 is 0 Å². The summed E-state index contributed by atoms with van der Waals surface area (Å²) in [6.07, 6.45) is -117. The number of amides is 4. The summed E-state index contributed by atoms with van der Waals surface area (Å²) in [5.41, 5.74) is 0. The van der Waals surface area contributed by atoms with Crippen LogP contribution in [-0.4, -0.2) is 610 Å². The lowest BCUT2D eigenvalue weighted by molar-refractivity contribution is -0.402. The van der Waals surface area contributed by atoms with Gasteiger partial charge in [0, 0.05) is 27.7 Å². The van der Waals surface area contributed by atoms with Crippen molar-refractivity contribution >= 4 is 23.6 Å². The van der Waals surface area contributed by atoms with E-state index in [2.05, 4.69) is 21.3 Å². The Labute approximate surface area is 805 Å². The monoisotopic (exact) mass is 2080 g/mol. The Bertz CT molecular complexity index is 3940. The number of hydrogen-bond acceptors (Lipinski definition) is 58. The first kappa shape index (κ1) is 116. The van der Waals surface area contributed by atoms with Crippen LogP contribution in [-0.2, 0) is 128 Å². The van der Waals surface area contributed by atoms with Crippen LogP contribution in [0.5, 0.6) is 0 Å². The van der Waals surface area contributed by atoms with Gasteiger partial charge in [-0.3, -0.25) is 19.2 Å². The molecule has 0 aromatic rings. The minimum Gasteiger partial charge on any atom is -0.394 e. The molecule has 0 bridgehead atoms. The molecular weight excluding hydrogens is 1940 g/mol. The van der Waals surface area contributed by atoms with Crippen molar-refractivity contribution in [3.8, 4) is 0 Å². The van der Waals surface area contributed by atoms with E-state index in [0.29, 0.717) is 0 Å². The Morgan fingerprint density at radius 2 is 0.430 bits per heavy atom. The van der Waals surface area contributed by atoms with Crippen LogP contribution in [0.25, 0.3) is 0 Å². The van der Waals surface area contributed by atoms with Crippen LogP contribution < -0.4 is 21.3 Å². The van der Waals surface area contributed by atoms with Gasteiger partial charge in [-0.1, -0.05) is 0 Å². The summed E-state index contributed by atoms with van der Waals surface area (Å²) in [4.78, 5) is 52.5. The topological polar surface area (TPSA) is 956 Å². The van der Waals surface area contributed by atoms with Gasteiger partial charge in [-0.2, -0.15) is 0 Å². The number of hydrogen-bond donors (Lipinski definition) is 35. The number of rotatable bonds is 35. The van der Waals surface area contributed by atoms with Gasteiger partial charge in [0.1, 0.15) is 274 Å². The lowest BCUT2D eigenvalue weighted by atomic mass is 9.93. The van der Waals surface area contributed by atoms with Crippen LogP contribution in [0.4, 0.5) is 0 Å². The molecule has 12 aliphatic heterocycles. The van der Waals surface area contributed by atoms with Gasteiger partial charge in [-0.05, 0) is 20.8 Å². The summed E-state index contributed by atoms with van der Waals surface area (Å²) in [6.45, 7) is -3.08. The largest absolute Gasteiger partial charge is 0.394 e. The number of ether oxygens (including phenoxy) is 23. The van der Waals surface area contributed by atoms with E-state index in [4.69, 9.17) is 109 Å². The van der Waals surface area contributed by atoms with Gasteiger partial charge in [0.05, 0.1) is 77.8 Å². The van der Waals surface area contributed by atoms with E-state index in [0.717, 1.165) is 27.7 Å². The maximum Gasteiger partial charge on any atom is 0.217 e. The van der Waals surface area contributed by atoms with Gasteiger partial charge in [0.25, 0.3) is 0 Å². The number of nitrogens with one attached hydrogen (secondary N) is 4. The van der Waals surface area contributed by atoms with Crippen molar-refractivity contribution in [1.82, 2.24) is 21.3 Å². The first-order chi connectivity index (χ1) is 67.1. The van der Waals surface area contributed by atoms with Crippen LogP contribution in [0, 0.1) is 0 Å². The number of aliphatic hydroxyl groups is 31. The zero-order valence-electron chi connectivity index (χ0n) is 76.9. The highest BCUT2D eigenvalue weighted by molar-refractivity contribution is 5.74. The highest BCUT2D eigenvalue weighted by Crippen LogP contribution is 2.43. The molecule has 12 saturated heterocycles. The van der Waals surface area contributed by atoms with E-state index in [1.165, 1.54) is 20.8 Å². The zero-order chi connectivity index (χ0) is 104. The van der Waals surface area contributed by atoms with Gasteiger partial charge in [0.15, 0.2) is 75.5 Å². The quantitative estimate of drug-likeness (QED) is 0.0280. The Morgan fingerprint density at radius 1 is 0.197 bits per heavy atom. The summed E-state index contributed by atoms with van der Waals surface area (Å²) in [5.74, 6) is -3.94. The van der Waals surface area contributed by atoms with E-state index in [9.17, 15) is 177 Å². The average molecular weight is 2080 g/mol. The molecule has 62 nitrogen and oxygen atoms in total. The maximum absolute atomic E-state index is 13.4. The number of carbonyl (C=O) groups is 4. The molecule has 62 heteroatoms. The van der Waals surface area contributed by atoms with Crippen LogP contribution in [0.15, 0.2) is 0 Å². The molecule has 12 rings (SSSR count). The Kier molecular flexibility index (Phi) is 41.2. The molecule has 0 aliphatic carbocycles. The number of carbonyl (C=O) groups excluding carboxylic acids is 4. The van der Waals surface area contributed by atoms with Gasteiger partial charge >= 0.3 is 0 Å². The van der Waals surface area contributed by atoms with Crippen LogP contribution in [0.1, 0.15) is 48.5 Å². The van der Waals surface area contributed by atoms with Gasteiger partial charge in [-0.25, -0.2) is 0 Å². The molecule has 142 heavy (non-hydrogen) atoms. The number of aliphatic hydroxyl groups excluding tert-OH is 31. The predicted molar refractivity (Wildman–Crippen MR) is 437 cm³/mol. The smallest absolute Gasteiger partial charge is 0.217 e. The van der Waals surface area contributed by atoms with Gasteiger partial charge < -0.3 is 289 Å². The predicted octanol–water partition coefficient (Wildman–Crippen LogP) is -23.5. The standard InChI is InChI=1S/C80H134N4O58/c1-17-37(96)49(108)56(115)73(122-17)120-16-32-63(45(104)33(69(119)125-32)81-20(4)92)134-70-34(82-21(5)93)46(105)60(28(12-89)130-70)135-76-59(118)64(138-80-66(53(112)41(100)27(11-88)129-80)140-72-36(84-23(7)95)48(107)62(30(14-91)132-72)137-79-68(55(114)43(102)26(10-87)128-79)142-75-58(117)51(110)39(98)19(3)124-75)44(103)31(133-76)15-121-77-65(52(111)40(99)24(8-85)126-77)139-71-35(83-22(6)94)47(106)61(29(13-90)131-71)136-78-67(54(113)42(101)25(9-86)127-78)141-74-57(116)50(109)38(97)18(2)123-74/h17-19,24-80,85-91,96-119H,8-16H2,1-7H3,(H,81,92)(H,82,93)(H,83,94)(H,84,95)/t17-,18-,19-,24+,25+,26+,27+,28+,29+,30+,31+,32+,33+,34+,35+,36-,37+,38+,39+,40+,41+,42-,43-,44+,45+,46+,47+,48+,49+,50+,51+,52-,53-,54-,55-,56-,57-,58-,59-,60+,61+,62+,63+,64-,65-,66-,67+,68+,69?,70-,71-,72-,73+,74-,75-,76-,77-,78-,79-,80+/m0/s1. The second-order valence-corrected chi connectivity index (χ2v) is 36.6. The summed E-state index contributed by atoms with van der Waals surface area (Å²) in [7, 11) is 0. The highest BCUT2D eigenvalue weighted by atomic mass is 16.8. The lowest BCUT2D eigenvalue weighted by Crippen LogP contribution is -2.71. The average Bonchev–Trinajstić information content (AvgIpc) is 0.765. The van der Waals surface area contributed by atoms with Crippen molar-refractivity contribution in [2.24, 2.45) is 0 Å². The third kappa shape index (κ3) is 25.4. The minimum absolute atomic E-state index is 0.868. The van der Waals surface area contributed by atoms with E-state index < -0.39 is 451 Å². The molecule has 35 N–H and O–H groups in total. The fraction of sp³-hybridized carbons (Fsp3) is 0.950. The minimum atomic E-state index is -2.70. The summed E-state index contributed by atoms with van der Waals surface area (Å²) in [5, 5.41) is 360. The second-order valence-electron chi connectivity index (χ2n) is 36.6. The molecule has 822 valence electrons. The molecule has 0 aromatic carbocycles. The third-order valence-electron chi connectivity index (χ3n) is 26.6. The summed E-state index contributed by atoms with van der Waals surface area (Å²) >= 11 is 0. The molecule has 12 fully saturated rings. The van der Waals surface area contributed by atoms with Crippen molar-refractivity contribution in [2.45, 2.75) is 417 Å².